The average Bonchev–Trinajstić information content (AvgIpc) is 3.29. The van der Waals surface area contributed by atoms with Crippen LogP contribution >= 0.6 is 0 Å². The van der Waals surface area contributed by atoms with Gasteiger partial charge >= 0.3 is 30.0 Å². The summed E-state index contributed by atoms with van der Waals surface area (Å²) in [6.45, 7) is 8.97. The van der Waals surface area contributed by atoms with Gasteiger partial charge in [-0.2, -0.15) is 0 Å². The standard InChI is InChI=1S/C36H50O15/c1-5-6-7-8-9-10-11-15-20-47-33(45)49-28-27(38)34(50-29(30(39)40)35(46,31(41)42)36(28,51-34)32(43)44)19-18-22(2)26(48-24(4)37)23(3)21-25-16-13-12-14-17-25/h12-14,16-17,23,26-29,38,46H,2,5-11,15,18-21H2,1,3-4H3,(H,39,40)(H,41,42)(H,43,44)/t23-,26-,27-,28-,29-,34+,35-,36+/m1/s1. The normalized spacial score (nSPS) is 27.9. The van der Waals surface area contributed by atoms with E-state index in [4.69, 9.17) is 23.7 Å². The second-order valence-corrected chi connectivity index (χ2v) is 13.3. The third kappa shape index (κ3) is 9.07. The number of unbranched alkanes of at least 4 members (excludes halogenated alkanes) is 7. The van der Waals surface area contributed by atoms with Crippen molar-refractivity contribution in [3.8, 4) is 0 Å². The molecule has 2 fully saturated rings. The lowest BCUT2D eigenvalue weighted by atomic mass is 9.74. The van der Waals surface area contributed by atoms with Crippen molar-refractivity contribution in [2.75, 3.05) is 6.61 Å². The van der Waals surface area contributed by atoms with Crippen LogP contribution in [0, 0.1) is 5.92 Å². The maximum absolute atomic E-state index is 12.9. The Hall–Kier alpha value is -4.05. The maximum Gasteiger partial charge on any atom is 0.508 e. The number of carbonyl (C=O) groups excluding carboxylic acids is 2. The molecular weight excluding hydrogens is 672 g/mol. The van der Waals surface area contributed by atoms with Crippen LogP contribution in [0.15, 0.2) is 42.5 Å². The van der Waals surface area contributed by atoms with Crippen LogP contribution in [0.3, 0.4) is 0 Å². The van der Waals surface area contributed by atoms with Crippen molar-refractivity contribution < 1.29 is 73.2 Å². The number of hydrogen-bond donors (Lipinski definition) is 5. The van der Waals surface area contributed by atoms with Gasteiger partial charge in [0.2, 0.25) is 17.5 Å². The van der Waals surface area contributed by atoms with Crippen molar-refractivity contribution in [1.29, 1.82) is 0 Å². The number of carbonyl (C=O) groups is 5. The third-order valence-electron chi connectivity index (χ3n) is 9.45. The van der Waals surface area contributed by atoms with E-state index < -0.39 is 77.9 Å². The molecule has 2 aliphatic heterocycles. The van der Waals surface area contributed by atoms with Crippen LogP contribution in [0.25, 0.3) is 0 Å². The number of ether oxygens (including phenoxy) is 5. The SMILES string of the molecule is C=C(CC[C@]12O[C@H](C(=O)O)[C@@](O)(C(=O)O)[C@](C(=O)O)(O1)[C@H](OC(=O)OCCCCCCCCCC)[C@H]2O)[C@@H](OC(C)=O)[C@H](C)Cc1ccccc1. The van der Waals surface area contributed by atoms with Gasteiger partial charge in [0.25, 0.3) is 5.60 Å². The number of carboxylic acids is 3. The molecule has 5 N–H and O–H groups in total. The number of carboxylic acid groups (broad SMARTS) is 3. The number of aliphatic carboxylic acids is 3. The highest BCUT2D eigenvalue weighted by atomic mass is 16.8. The molecule has 1 aromatic carbocycles. The van der Waals surface area contributed by atoms with Crippen LogP contribution in [0.5, 0.6) is 0 Å². The van der Waals surface area contributed by atoms with Gasteiger partial charge in [-0.1, -0.05) is 95.7 Å². The largest absolute Gasteiger partial charge is 0.508 e. The molecule has 0 aromatic heterocycles. The lowest BCUT2D eigenvalue weighted by Crippen LogP contribution is -2.78. The average molecular weight is 723 g/mol. The van der Waals surface area contributed by atoms with E-state index in [1.165, 1.54) is 6.92 Å². The third-order valence-corrected chi connectivity index (χ3v) is 9.45. The minimum atomic E-state index is -3.92. The van der Waals surface area contributed by atoms with Gasteiger partial charge < -0.3 is 49.2 Å². The zero-order valence-electron chi connectivity index (χ0n) is 29.3. The fourth-order valence-corrected chi connectivity index (χ4v) is 6.83. The van der Waals surface area contributed by atoms with Crippen LogP contribution in [-0.2, 0) is 49.3 Å². The highest BCUT2D eigenvalue weighted by Gasteiger charge is 2.86. The molecule has 2 aliphatic rings. The van der Waals surface area contributed by atoms with Gasteiger partial charge in [0.15, 0.2) is 6.10 Å². The summed E-state index contributed by atoms with van der Waals surface area (Å²) in [7, 11) is 0. The van der Waals surface area contributed by atoms with E-state index >= 15 is 0 Å². The Morgan fingerprint density at radius 1 is 0.941 bits per heavy atom. The minimum absolute atomic E-state index is 0.154. The van der Waals surface area contributed by atoms with E-state index in [-0.39, 0.29) is 24.5 Å². The molecule has 0 saturated carbocycles. The first kappa shape index (κ1) is 41.4. The molecule has 3 rings (SSSR count). The van der Waals surface area contributed by atoms with Crippen molar-refractivity contribution in [3.63, 3.8) is 0 Å². The van der Waals surface area contributed by atoms with E-state index in [2.05, 4.69) is 13.5 Å². The first-order chi connectivity index (χ1) is 24.1. The lowest BCUT2D eigenvalue weighted by molar-refractivity contribution is -0.374. The van der Waals surface area contributed by atoms with Gasteiger partial charge in [-0.3, -0.25) is 4.79 Å². The Balaban J connectivity index is 1.87. The van der Waals surface area contributed by atoms with Crippen molar-refractivity contribution in [1.82, 2.24) is 0 Å². The lowest BCUT2D eigenvalue weighted by Gasteiger charge is -2.48. The van der Waals surface area contributed by atoms with Crippen molar-refractivity contribution in [3.05, 3.63) is 48.0 Å². The van der Waals surface area contributed by atoms with Gasteiger partial charge in [0.05, 0.1) is 6.61 Å². The summed E-state index contributed by atoms with van der Waals surface area (Å²) in [5.74, 6) is -10.4. The van der Waals surface area contributed by atoms with Gasteiger partial charge in [0.1, 0.15) is 12.2 Å². The predicted molar refractivity (Wildman–Crippen MR) is 177 cm³/mol. The molecular formula is C36H50O15. The summed E-state index contributed by atoms with van der Waals surface area (Å²) in [6.07, 6.45) is -3.05. The van der Waals surface area contributed by atoms with Crippen LogP contribution in [0.4, 0.5) is 4.79 Å². The fourth-order valence-electron chi connectivity index (χ4n) is 6.83. The quantitative estimate of drug-likeness (QED) is 0.0685. The van der Waals surface area contributed by atoms with Gasteiger partial charge in [0, 0.05) is 19.3 Å². The van der Waals surface area contributed by atoms with Crippen LogP contribution in [0.2, 0.25) is 0 Å². The Morgan fingerprint density at radius 3 is 2.10 bits per heavy atom. The second-order valence-electron chi connectivity index (χ2n) is 13.3. The molecule has 1 aromatic rings. The summed E-state index contributed by atoms with van der Waals surface area (Å²) >= 11 is 0. The summed E-state index contributed by atoms with van der Waals surface area (Å²) in [5.41, 5.74) is -6.34. The molecule has 0 spiro atoms. The summed E-state index contributed by atoms with van der Waals surface area (Å²) < 4.78 is 26.9. The summed E-state index contributed by atoms with van der Waals surface area (Å²) in [5, 5.41) is 53.4. The predicted octanol–water partition coefficient (Wildman–Crippen LogP) is 4.01. The molecule has 0 amide bonds. The van der Waals surface area contributed by atoms with Gasteiger partial charge in [-0.15, -0.1) is 0 Å². The first-order valence-corrected chi connectivity index (χ1v) is 17.3. The van der Waals surface area contributed by atoms with Crippen LogP contribution < -0.4 is 0 Å². The number of aliphatic hydroxyl groups is 2. The molecule has 2 saturated heterocycles. The topological polar surface area (TPSA) is 233 Å². The molecule has 2 heterocycles. The van der Waals surface area contributed by atoms with E-state index in [0.29, 0.717) is 19.3 Å². The maximum atomic E-state index is 12.9. The van der Waals surface area contributed by atoms with E-state index in [1.54, 1.807) is 6.92 Å². The van der Waals surface area contributed by atoms with Crippen LogP contribution in [0.1, 0.15) is 90.5 Å². The van der Waals surface area contributed by atoms with Crippen LogP contribution in [-0.4, -0.2) is 104 Å². The van der Waals surface area contributed by atoms with Crippen molar-refractivity contribution in [2.45, 2.75) is 133 Å². The zero-order valence-corrected chi connectivity index (χ0v) is 29.3. The van der Waals surface area contributed by atoms with E-state index in [1.807, 2.05) is 30.3 Å². The van der Waals surface area contributed by atoms with E-state index in [9.17, 15) is 49.5 Å². The molecule has 15 heteroatoms. The fraction of sp³-hybridized carbons (Fsp3) is 0.639. The molecule has 284 valence electrons. The number of aliphatic hydroxyl groups excluding tert-OH is 1. The highest BCUT2D eigenvalue weighted by Crippen LogP contribution is 2.56. The Labute approximate surface area is 296 Å². The molecule has 15 nitrogen and oxygen atoms in total. The monoisotopic (exact) mass is 722 g/mol. The number of rotatable bonds is 21. The number of esters is 1. The highest BCUT2D eigenvalue weighted by molar-refractivity contribution is 5.98. The van der Waals surface area contributed by atoms with Gasteiger partial charge in [-0.05, 0) is 30.4 Å². The van der Waals surface area contributed by atoms with Gasteiger partial charge in [-0.25, -0.2) is 19.2 Å². The van der Waals surface area contributed by atoms with Crippen molar-refractivity contribution in [2.24, 2.45) is 5.92 Å². The zero-order chi connectivity index (χ0) is 38.0. The minimum Gasteiger partial charge on any atom is -0.479 e. The Kier molecular flexibility index (Phi) is 14.5. The summed E-state index contributed by atoms with van der Waals surface area (Å²) in [6, 6.07) is 9.28. The van der Waals surface area contributed by atoms with Crippen molar-refractivity contribution >= 4 is 30.0 Å². The summed E-state index contributed by atoms with van der Waals surface area (Å²) in [4.78, 5) is 62.7. The second kappa shape index (κ2) is 17.9. The number of fused-ring (bicyclic) bond motifs is 2. The molecule has 51 heavy (non-hydrogen) atoms. The number of benzene rings is 1. The smallest absolute Gasteiger partial charge is 0.479 e. The molecule has 8 atom stereocenters. The first-order valence-electron chi connectivity index (χ1n) is 17.3. The molecule has 2 bridgehead atoms. The molecule has 0 aliphatic carbocycles. The Bertz CT molecular complexity index is 1400. The number of hydrogen-bond acceptors (Lipinski definition) is 12. The van der Waals surface area contributed by atoms with E-state index in [0.717, 1.165) is 44.1 Å². The Morgan fingerprint density at radius 2 is 1.55 bits per heavy atom. The molecule has 0 radical (unpaired) electrons. The molecule has 0 unspecified atom stereocenters.